The Bertz CT molecular complexity index is 759. The van der Waals surface area contributed by atoms with Gasteiger partial charge in [0, 0.05) is 24.6 Å². The molecule has 0 bridgehead atoms. The number of fused-ring (bicyclic) bond motifs is 1. The summed E-state index contributed by atoms with van der Waals surface area (Å²) in [5, 5.41) is 2.79. The Morgan fingerprint density at radius 1 is 1.43 bits per heavy atom. The highest BCUT2D eigenvalue weighted by molar-refractivity contribution is 6.05. The number of hydrogen-bond acceptors (Lipinski definition) is 4. The van der Waals surface area contributed by atoms with Gasteiger partial charge in [0.15, 0.2) is 6.61 Å². The second-order valence-corrected chi connectivity index (χ2v) is 4.96. The number of rotatable bonds is 4. The average Bonchev–Trinajstić information content (AvgIpc) is 2.58. The van der Waals surface area contributed by atoms with Gasteiger partial charge in [-0.15, -0.1) is 6.58 Å². The van der Waals surface area contributed by atoms with Crippen LogP contribution in [0.2, 0.25) is 0 Å². The van der Waals surface area contributed by atoms with E-state index in [1.165, 1.54) is 6.20 Å². The van der Waals surface area contributed by atoms with Gasteiger partial charge in [0.05, 0.1) is 11.3 Å². The molecule has 6 heteroatoms. The van der Waals surface area contributed by atoms with Crippen molar-refractivity contribution in [2.45, 2.75) is 0 Å². The molecule has 0 fully saturated rings. The molecule has 1 aromatic carbocycles. The maximum absolute atomic E-state index is 12.2. The van der Waals surface area contributed by atoms with Crippen LogP contribution >= 0.6 is 0 Å². The number of amides is 2. The molecular formula is C17H15N3O3. The summed E-state index contributed by atoms with van der Waals surface area (Å²) in [4.78, 5) is 29.6. The lowest BCUT2D eigenvalue weighted by Crippen LogP contribution is -2.38. The van der Waals surface area contributed by atoms with Crippen molar-refractivity contribution in [2.24, 2.45) is 0 Å². The van der Waals surface area contributed by atoms with Crippen LogP contribution in [0.15, 0.2) is 55.4 Å². The summed E-state index contributed by atoms with van der Waals surface area (Å²) in [7, 11) is 0. The lowest BCUT2D eigenvalue weighted by Gasteiger charge is -2.28. The number of ether oxygens (including phenoxy) is 1. The van der Waals surface area contributed by atoms with Gasteiger partial charge in [-0.1, -0.05) is 6.08 Å². The molecule has 1 N–H and O–H groups in total. The molecule has 2 amide bonds. The highest BCUT2D eigenvalue weighted by Gasteiger charge is 2.25. The number of pyridine rings is 1. The first-order chi connectivity index (χ1) is 11.2. The number of nitrogens with zero attached hydrogens (tertiary/aromatic N) is 2. The third kappa shape index (κ3) is 3.06. The molecular weight excluding hydrogens is 294 g/mol. The highest BCUT2D eigenvalue weighted by Crippen LogP contribution is 2.34. The van der Waals surface area contributed by atoms with E-state index in [4.69, 9.17) is 4.74 Å². The summed E-state index contributed by atoms with van der Waals surface area (Å²) < 4.78 is 5.41. The van der Waals surface area contributed by atoms with Gasteiger partial charge in [0.25, 0.3) is 11.8 Å². The van der Waals surface area contributed by atoms with E-state index in [0.717, 1.165) is 0 Å². The molecule has 0 atom stereocenters. The van der Waals surface area contributed by atoms with E-state index >= 15 is 0 Å². The lowest BCUT2D eigenvalue weighted by atomic mass is 10.2. The zero-order chi connectivity index (χ0) is 16.2. The van der Waals surface area contributed by atoms with E-state index in [0.29, 0.717) is 29.2 Å². The molecule has 6 nitrogen and oxygen atoms in total. The number of carbonyl (C=O) groups is 2. The van der Waals surface area contributed by atoms with E-state index < -0.39 is 0 Å². The van der Waals surface area contributed by atoms with Crippen molar-refractivity contribution in [3.05, 3.63) is 60.9 Å². The summed E-state index contributed by atoms with van der Waals surface area (Å²) in [5.74, 6) is 0.190. The van der Waals surface area contributed by atoms with Gasteiger partial charge >= 0.3 is 0 Å². The molecule has 23 heavy (non-hydrogen) atoms. The number of benzene rings is 1. The molecule has 0 unspecified atom stereocenters. The molecule has 0 saturated heterocycles. The Morgan fingerprint density at radius 2 is 2.30 bits per heavy atom. The fourth-order valence-electron chi connectivity index (χ4n) is 2.31. The first kappa shape index (κ1) is 14.8. The molecule has 0 spiro atoms. The van der Waals surface area contributed by atoms with Gasteiger partial charge < -0.3 is 15.0 Å². The molecule has 0 radical (unpaired) electrons. The quantitative estimate of drug-likeness (QED) is 0.879. The summed E-state index contributed by atoms with van der Waals surface area (Å²) >= 11 is 0. The molecule has 0 saturated carbocycles. The number of nitrogens with one attached hydrogen (secondary N) is 1. The number of anilines is 2. The zero-order valence-corrected chi connectivity index (χ0v) is 12.4. The van der Waals surface area contributed by atoms with Crippen molar-refractivity contribution in [1.29, 1.82) is 0 Å². The van der Waals surface area contributed by atoms with Gasteiger partial charge in [0.1, 0.15) is 5.75 Å². The molecule has 1 aliphatic heterocycles. The van der Waals surface area contributed by atoms with Crippen LogP contribution in [0.4, 0.5) is 11.4 Å². The minimum atomic E-state index is -0.267. The van der Waals surface area contributed by atoms with Gasteiger partial charge in [0.2, 0.25) is 0 Å². The van der Waals surface area contributed by atoms with Crippen molar-refractivity contribution < 1.29 is 14.3 Å². The minimum absolute atomic E-state index is 0.00221. The Morgan fingerprint density at radius 3 is 3.04 bits per heavy atom. The number of aromatic nitrogens is 1. The summed E-state index contributed by atoms with van der Waals surface area (Å²) in [5.41, 5.74) is 1.65. The third-order valence-electron chi connectivity index (χ3n) is 3.40. The zero-order valence-electron chi connectivity index (χ0n) is 12.4. The van der Waals surface area contributed by atoms with E-state index in [2.05, 4.69) is 16.9 Å². The van der Waals surface area contributed by atoms with Crippen molar-refractivity contribution in [2.75, 3.05) is 23.4 Å². The molecule has 2 aromatic rings. The van der Waals surface area contributed by atoms with Crippen LogP contribution in [0.1, 0.15) is 10.4 Å². The Hall–Kier alpha value is -3.15. The minimum Gasteiger partial charge on any atom is -0.482 e. The largest absolute Gasteiger partial charge is 0.482 e. The fraction of sp³-hybridized carbons (Fsp3) is 0.118. The molecule has 116 valence electrons. The number of carbonyl (C=O) groups excluding carboxylic acids is 2. The average molecular weight is 309 g/mol. The first-order valence-corrected chi connectivity index (χ1v) is 7.08. The summed E-state index contributed by atoms with van der Waals surface area (Å²) in [6, 6.07) is 8.55. The van der Waals surface area contributed by atoms with Crippen molar-refractivity contribution in [3.8, 4) is 5.75 Å². The van der Waals surface area contributed by atoms with Gasteiger partial charge in [-0.3, -0.25) is 14.6 Å². The predicted octanol–water partition coefficient (Wildman–Crippen LogP) is 2.25. The van der Waals surface area contributed by atoms with E-state index in [-0.39, 0.29) is 18.4 Å². The Kier molecular flexibility index (Phi) is 4.05. The Labute approximate surface area is 133 Å². The lowest BCUT2D eigenvalue weighted by molar-refractivity contribution is -0.121. The molecule has 1 aliphatic rings. The van der Waals surface area contributed by atoms with E-state index in [9.17, 15) is 9.59 Å². The van der Waals surface area contributed by atoms with Gasteiger partial charge in [-0.25, -0.2) is 0 Å². The normalized spacial score (nSPS) is 13.0. The second-order valence-electron chi connectivity index (χ2n) is 4.96. The maximum atomic E-state index is 12.2. The van der Waals surface area contributed by atoms with Crippen molar-refractivity contribution in [3.63, 3.8) is 0 Å². The summed E-state index contributed by atoms with van der Waals surface area (Å²) in [6.45, 7) is 4.05. The molecule has 3 rings (SSSR count). The maximum Gasteiger partial charge on any atom is 0.265 e. The summed E-state index contributed by atoms with van der Waals surface area (Å²) in [6.07, 6.45) is 4.74. The Balaban J connectivity index is 1.86. The van der Waals surface area contributed by atoms with E-state index in [1.54, 1.807) is 47.5 Å². The monoisotopic (exact) mass is 309 g/mol. The van der Waals surface area contributed by atoms with Crippen LogP contribution < -0.4 is 15.0 Å². The van der Waals surface area contributed by atoms with Crippen LogP contribution in [0.3, 0.4) is 0 Å². The first-order valence-electron chi connectivity index (χ1n) is 7.08. The van der Waals surface area contributed by atoms with Crippen molar-refractivity contribution >= 4 is 23.2 Å². The SMILES string of the molecule is C=CCN1C(=O)COc2ccc(NC(=O)c3cccnc3)cc21. The smallest absolute Gasteiger partial charge is 0.265 e. The standard InChI is InChI=1S/C17H15N3O3/c1-2-8-20-14-9-13(5-6-15(14)23-11-16(20)21)19-17(22)12-4-3-7-18-10-12/h2-7,9-10H,1,8,11H2,(H,19,22). The van der Waals surface area contributed by atoms with Gasteiger partial charge in [-0.2, -0.15) is 0 Å². The highest BCUT2D eigenvalue weighted by atomic mass is 16.5. The van der Waals surface area contributed by atoms with Gasteiger partial charge in [-0.05, 0) is 30.3 Å². The predicted molar refractivity (Wildman–Crippen MR) is 86.7 cm³/mol. The van der Waals surface area contributed by atoms with Crippen LogP contribution in [-0.4, -0.2) is 29.9 Å². The van der Waals surface area contributed by atoms with Crippen LogP contribution in [0, 0.1) is 0 Å². The van der Waals surface area contributed by atoms with Crippen molar-refractivity contribution in [1.82, 2.24) is 4.98 Å². The van der Waals surface area contributed by atoms with Crippen LogP contribution in [0.25, 0.3) is 0 Å². The molecule has 0 aliphatic carbocycles. The van der Waals surface area contributed by atoms with E-state index in [1.807, 2.05) is 0 Å². The van der Waals surface area contributed by atoms with Crippen LogP contribution in [0.5, 0.6) is 5.75 Å². The second kappa shape index (κ2) is 6.31. The fourth-order valence-corrected chi connectivity index (χ4v) is 2.31. The van der Waals surface area contributed by atoms with Crippen LogP contribution in [-0.2, 0) is 4.79 Å². The third-order valence-corrected chi connectivity index (χ3v) is 3.40. The molecule has 1 aromatic heterocycles. The number of hydrogen-bond donors (Lipinski definition) is 1. The molecule has 2 heterocycles. The topological polar surface area (TPSA) is 71.5 Å².